The number of nitrogens with zero attached hydrogens (tertiary/aromatic N) is 1. The molecule has 0 aliphatic heterocycles. The predicted molar refractivity (Wildman–Crippen MR) is 73.5 cm³/mol. The topological polar surface area (TPSA) is 38.7 Å². The number of methoxy groups -OCH3 is 1. The van der Waals surface area contributed by atoms with Gasteiger partial charge in [-0.15, -0.1) is 0 Å². The molecule has 0 N–H and O–H groups in total. The number of rotatable bonds is 3. The van der Waals surface area contributed by atoms with E-state index in [0.29, 0.717) is 16.3 Å². The molecule has 1 aromatic rings. The normalized spacial score (nSPS) is 13.9. The van der Waals surface area contributed by atoms with Gasteiger partial charge < -0.3 is 4.74 Å². The monoisotopic (exact) mass is 273 g/mol. The van der Waals surface area contributed by atoms with Crippen LogP contribution in [0.4, 0.5) is 0 Å². The summed E-state index contributed by atoms with van der Waals surface area (Å²) in [5, 5.41) is 0.477. The van der Waals surface area contributed by atoms with E-state index in [1.54, 1.807) is 19.2 Å². The lowest BCUT2D eigenvalue weighted by molar-refractivity contribution is 0.415. The van der Waals surface area contributed by atoms with Crippen molar-refractivity contribution in [1.29, 1.82) is 0 Å². The molecule has 1 atom stereocenters. The molecule has 17 heavy (non-hydrogen) atoms. The van der Waals surface area contributed by atoms with E-state index in [2.05, 4.69) is 4.40 Å². The van der Waals surface area contributed by atoms with E-state index in [0.717, 1.165) is 0 Å². The fraction of sp³-hybridized carbons (Fsp3) is 0.417. The summed E-state index contributed by atoms with van der Waals surface area (Å²) >= 11 is 6.09. The van der Waals surface area contributed by atoms with Crippen LogP contribution < -0.4 is 4.74 Å². The van der Waals surface area contributed by atoms with E-state index in [-0.39, 0.29) is 4.75 Å². The maximum absolute atomic E-state index is 11.7. The van der Waals surface area contributed by atoms with Gasteiger partial charge in [0.1, 0.15) is 16.7 Å². The summed E-state index contributed by atoms with van der Waals surface area (Å²) in [4.78, 5) is 0. The molecule has 0 heterocycles. The van der Waals surface area contributed by atoms with E-state index in [1.165, 1.54) is 6.21 Å². The Balaban J connectivity index is 2.97. The minimum Gasteiger partial charge on any atom is -0.495 e. The summed E-state index contributed by atoms with van der Waals surface area (Å²) in [5.74, 6) is 0.581. The van der Waals surface area contributed by atoms with Crippen molar-refractivity contribution in [3.05, 3.63) is 28.8 Å². The fourth-order valence-corrected chi connectivity index (χ4v) is 1.83. The highest BCUT2D eigenvalue weighted by atomic mass is 35.5. The first-order valence-electron chi connectivity index (χ1n) is 5.15. The smallest absolute Gasteiger partial charge is 0.144 e. The second-order valence-corrected chi connectivity index (χ2v) is 6.77. The van der Waals surface area contributed by atoms with Crippen LogP contribution in [0.3, 0.4) is 0 Å². The van der Waals surface area contributed by atoms with Crippen LogP contribution in [0.25, 0.3) is 0 Å². The summed E-state index contributed by atoms with van der Waals surface area (Å²) in [6, 6.07) is 5.38. The molecule has 0 spiro atoms. The van der Waals surface area contributed by atoms with E-state index in [1.807, 2.05) is 26.8 Å². The Morgan fingerprint density at radius 2 is 2.06 bits per heavy atom. The number of hydrogen-bond acceptors (Lipinski definition) is 2. The third-order valence-electron chi connectivity index (χ3n) is 2.02. The predicted octanol–water partition coefficient (Wildman–Crippen LogP) is 3.23. The molecule has 0 aromatic heterocycles. The molecule has 5 heteroatoms. The highest BCUT2D eigenvalue weighted by Crippen LogP contribution is 2.26. The summed E-state index contributed by atoms with van der Waals surface area (Å²) in [6.07, 6.45) is 1.52. The molecule has 3 nitrogen and oxygen atoms in total. The lowest BCUT2D eigenvalue weighted by Crippen LogP contribution is -2.19. The lowest BCUT2D eigenvalue weighted by Gasteiger charge is -2.12. The summed E-state index contributed by atoms with van der Waals surface area (Å²) in [5.41, 5.74) is 0.698. The van der Waals surface area contributed by atoms with Crippen molar-refractivity contribution in [3.8, 4) is 5.75 Å². The Kier molecular flexibility index (Phi) is 4.71. The zero-order chi connectivity index (χ0) is 13.1. The van der Waals surface area contributed by atoms with Crippen LogP contribution in [0.5, 0.6) is 5.75 Å². The highest BCUT2D eigenvalue weighted by molar-refractivity contribution is 7.85. The second kappa shape index (κ2) is 5.65. The van der Waals surface area contributed by atoms with Crippen LogP contribution in [0.15, 0.2) is 22.6 Å². The molecule has 0 saturated carbocycles. The average molecular weight is 274 g/mol. The maximum atomic E-state index is 11.7. The number of ether oxygens (including phenoxy) is 1. The van der Waals surface area contributed by atoms with Crippen LogP contribution in [0, 0.1) is 0 Å². The van der Waals surface area contributed by atoms with E-state index < -0.39 is 11.0 Å². The van der Waals surface area contributed by atoms with Gasteiger partial charge >= 0.3 is 0 Å². The Morgan fingerprint density at radius 1 is 1.41 bits per heavy atom. The van der Waals surface area contributed by atoms with Gasteiger partial charge in [-0.1, -0.05) is 23.7 Å². The van der Waals surface area contributed by atoms with E-state index >= 15 is 0 Å². The Morgan fingerprint density at radius 3 is 2.59 bits per heavy atom. The molecule has 0 bridgehead atoms. The van der Waals surface area contributed by atoms with Gasteiger partial charge in [0.15, 0.2) is 0 Å². The molecule has 1 rings (SSSR count). The zero-order valence-electron chi connectivity index (χ0n) is 10.4. The molecule has 1 aromatic carbocycles. The first-order valence-corrected chi connectivity index (χ1v) is 6.63. The summed E-state index contributed by atoms with van der Waals surface area (Å²) in [6.45, 7) is 5.61. The molecule has 0 amide bonds. The van der Waals surface area contributed by atoms with Crippen LogP contribution in [-0.4, -0.2) is 22.3 Å². The van der Waals surface area contributed by atoms with Crippen molar-refractivity contribution in [2.24, 2.45) is 4.40 Å². The SMILES string of the molecule is COc1cccc(/C=N/[S@@](=O)C(C)(C)C)c1Cl. The first kappa shape index (κ1) is 14.2. The quantitative estimate of drug-likeness (QED) is 0.793. The Labute approximate surface area is 109 Å². The molecule has 0 radical (unpaired) electrons. The largest absolute Gasteiger partial charge is 0.495 e. The molecule has 0 aliphatic carbocycles. The lowest BCUT2D eigenvalue weighted by atomic mass is 10.2. The molecule has 0 fully saturated rings. The van der Waals surface area contributed by atoms with Crippen molar-refractivity contribution < 1.29 is 8.95 Å². The van der Waals surface area contributed by atoms with Gasteiger partial charge in [0.05, 0.1) is 16.9 Å². The van der Waals surface area contributed by atoms with Crippen LogP contribution in [-0.2, 0) is 11.0 Å². The summed E-state index contributed by atoms with van der Waals surface area (Å²) < 4.78 is 20.5. The first-order chi connectivity index (χ1) is 7.86. The van der Waals surface area contributed by atoms with Crippen molar-refractivity contribution in [1.82, 2.24) is 0 Å². The van der Waals surface area contributed by atoms with Gasteiger partial charge in [0.2, 0.25) is 0 Å². The van der Waals surface area contributed by atoms with Gasteiger partial charge in [-0.3, -0.25) is 0 Å². The van der Waals surface area contributed by atoms with Crippen molar-refractivity contribution in [2.75, 3.05) is 7.11 Å². The van der Waals surface area contributed by atoms with Crippen molar-refractivity contribution in [3.63, 3.8) is 0 Å². The van der Waals surface area contributed by atoms with Crippen molar-refractivity contribution in [2.45, 2.75) is 25.5 Å². The molecule has 94 valence electrons. The minimum atomic E-state index is -1.28. The van der Waals surface area contributed by atoms with E-state index in [9.17, 15) is 4.21 Å². The van der Waals surface area contributed by atoms with Crippen LogP contribution in [0.1, 0.15) is 26.3 Å². The van der Waals surface area contributed by atoms with Gasteiger partial charge in [0.25, 0.3) is 0 Å². The Hall–Kier alpha value is -0.870. The zero-order valence-corrected chi connectivity index (χ0v) is 11.9. The van der Waals surface area contributed by atoms with E-state index in [4.69, 9.17) is 16.3 Å². The maximum Gasteiger partial charge on any atom is 0.144 e. The highest BCUT2D eigenvalue weighted by Gasteiger charge is 2.18. The van der Waals surface area contributed by atoms with Crippen LogP contribution >= 0.6 is 11.6 Å². The van der Waals surface area contributed by atoms with Gasteiger partial charge in [0, 0.05) is 11.8 Å². The standard InChI is InChI=1S/C12H16ClNO2S/c1-12(2,3)17(15)14-8-9-6-5-7-10(16-4)11(9)13/h5-8H,1-4H3/b14-8+/t17-/m0/s1. The third-order valence-corrected chi connectivity index (χ3v) is 3.77. The number of benzene rings is 1. The van der Waals surface area contributed by atoms with Crippen LogP contribution in [0.2, 0.25) is 5.02 Å². The molecular formula is C12H16ClNO2S. The third kappa shape index (κ3) is 3.82. The average Bonchev–Trinajstić information content (AvgIpc) is 2.26. The minimum absolute atomic E-state index is 0.373. The van der Waals surface area contributed by atoms with Gasteiger partial charge in [-0.25, -0.2) is 4.21 Å². The van der Waals surface area contributed by atoms with Gasteiger partial charge in [-0.2, -0.15) is 4.40 Å². The molecular weight excluding hydrogens is 258 g/mol. The number of halogens is 1. The summed E-state index contributed by atoms with van der Waals surface area (Å²) in [7, 11) is 0.266. The van der Waals surface area contributed by atoms with Gasteiger partial charge in [-0.05, 0) is 26.8 Å². The Bertz CT molecular complexity index is 452. The fourth-order valence-electron chi connectivity index (χ4n) is 1.05. The second-order valence-electron chi connectivity index (χ2n) is 4.46. The molecule has 0 unspecified atom stereocenters. The molecule has 0 saturated heterocycles. The number of hydrogen-bond donors (Lipinski definition) is 0. The van der Waals surface area contributed by atoms with Crippen molar-refractivity contribution >= 4 is 28.8 Å². The molecule has 0 aliphatic rings.